The van der Waals surface area contributed by atoms with Gasteiger partial charge >= 0.3 is 0 Å². The molecule has 0 bridgehead atoms. The predicted octanol–water partition coefficient (Wildman–Crippen LogP) is 2.41. The Labute approximate surface area is 110 Å². The van der Waals surface area contributed by atoms with Crippen molar-refractivity contribution in [3.05, 3.63) is 30.5 Å². The van der Waals surface area contributed by atoms with Crippen LogP contribution in [0.2, 0.25) is 0 Å². The number of nitrogens with one attached hydrogen (secondary N) is 1. The van der Waals surface area contributed by atoms with Crippen LogP contribution in [0.3, 0.4) is 0 Å². The van der Waals surface area contributed by atoms with Crippen molar-refractivity contribution in [2.75, 3.05) is 11.9 Å². The summed E-state index contributed by atoms with van der Waals surface area (Å²) in [6.45, 7) is 4.94. The van der Waals surface area contributed by atoms with Crippen molar-refractivity contribution in [2.45, 2.75) is 30.3 Å². The lowest BCUT2D eigenvalue weighted by Gasteiger charge is -2.07. The molecule has 2 aromatic rings. The van der Waals surface area contributed by atoms with Crippen LogP contribution in [0.4, 0.5) is 5.82 Å². The van der Waals surface area contributed by atoms with Crippen molar-refractivity contribution in [1.29, 1.82) is 0 Å². The normalized spacial score (nSPS) is 10.3. The molecule has 0 radical (unpaired) electrons. The maximum atomic E-state index is 4.48. The van der Waals surface area contributed by atoms with E-state index in [1.807, 2.05) is 26.0 Å². The summed E-state index contributed by atoms with van der Waals surface area (Å²) in [6.07, 6.45) is 4.08. The van der Waals surface area contributed by atoms with Crippen molar-refractivity contribution in [3.63, 3.8) is 0 Å². The lowest BCUT2D eigenvalue weighted by Crippen LogP contribution is -2.03. The minimum absolute atomic E-state index is 0.816. The number of aromatic nitrogens is 4. The first-order chi connectivity index (χ1) is 8.81. The maximum Gasteiger partial charge on any atom is 0.131 e. The highest BCUT2D eigenvalue weighted by atomic mass is 32.2. The third-order valence-electron chi connectivity index (χ3n) is 2.19. The Morgan fingerprint density at radius 1 is 1.22 bits per heavy atom. The fourth-order valence-corrected chi connectivity index (χ4v) is 2.17. The van der Waals surface area contributed by atoms with Crippen molar-refractivity contribution >= 4 is 17.6 Å². The maximum absolute atomic E-state index is 4.48. The molecular formula is C12H15N5S. The zero-order valence-corrected chi connectivity index (χ0v) is 11.2. The molecule has 0 amide bonds. The van der Waals surface area contributed by atoms with Crippen LogP contribution in [0.25, 0.3) is 0 Å². The average Bonchev–Trinajstić information content (AvgIpc) is 2.40. The first-order valence-electron chi connectivity index (χ1n) is 5.87. The van der Waals surface area contributed by atoms with Gasteiger partial charge in [0.05, 0.1) is 0 Å². The van der Waals surface area contributed by atoms with Crippen LogP contribution in [0.15, 0.2) is 34.7 Å². The van der Waals surface area contributed by atoms with Crippen LogP contribution in [0.5, 0.6) is 0 Å². The van der Waals surface area contributed by atoms with Crippen molar-refractivity contribution in [2.24, 2.45) is 0 Å². The van der Waals surface area contributed by atoms with Crippen LogP contribution in [-0.4, -0.2) is 26.5 Å². The molecule has 0 spiro atoms. The summed E-state index contributed by atoms with van der Waals surface area (Å²) >= 11 is 1.51. The van der Waals surface area contributed by atoms with Gasteiger partial charge in [0.15, 0.2) is 0 Å². The number of hydrogen-bond acceptors (Lipinski definition) is 6. The second-order valence-corrected chi connectivity index (χ2v) is 4.58. The monoisotopic (exact) mass is 261 g/mol. The molecule has 0 atom stereocenters. The zero-order chi connectivity index (χ0) is 12.8. The van der Waals surface area contributed by atoms with E-state index in [-0.39, 0.29) is 0 Å². The largest absolute Gasteiger partial charge is 0.370 e. The Kier molecular flexibility index (Phi) is 4.46. The van der Waals surface area contributed by atoms with E-state index in [0.29, 0.717) is 0 Å². The first-order valence-corrected chi connectivity index (χ1v) is 6.69. The van der Waals surface area contributed by atoms with Gasteiger partial charge < -0.3 is 5.32 Å². The number of hydrogen-bond donors (Lipinski definition) is 1. The SMILES string of the molecule is CCNc1cc(Sc2ccncn2)nc(CC)n1. The number of rotatable bonds is 5. The van der Waals surface area contributed by atoms with Crippen LogP contribution in [0.1, 0.15) is 19.7 Å². The average molecular weight is 261 g/mol. The van der Waals surface area contributed by atoms with Gasteiger partial charge in [-0.15, -0.1) is 0 Å². The van der Waals surface area contributed by atoms with E-state index in [2.05, 4.69) is 25.3 Å². The van der Waals surface area contributed by atoms with Gasteiger partial charge in [-0.1, -0.05) is 6.92 Å². The highest BCUT2D eigenvalue weighted by molar-refractivity contribution is 7.99. The first kappa shape index (κ1) is 12.8. The van der Waals surface area contributed by atoms with Crippen molar-refractivity contribution in [3.8, 4) is 0 Å². The summed E-state index contributed by atoms with van der Waals surface area (Å²) in [7, 11) is 0. The predicted molar refractivity (Wildman–Crippen MR) is 71.7 cm³/mol. The van der Waals surface area contributed by atoms with Gasteiger partial charge in [0.2, 0.25) is 0 Å². The van der Waals surface area contributed by atoms with Gasteiger partial charge in [-0.3, -0.25) is 0 Å². The third kappa shape index (κ3) is 3.40. The Balaban J connectivity index is 2.24. The van der Waals surface area contributed by atoms with E-state index in [4.69, 9.17) is 0 Å². The molecule has 1 N–H and O–H groups in total. The molecule has 5 nitrogen and oxygen atoms in total. The third-order valence-corrected chi connectivity index (χ3v) is 3.06. The molecule has 0 fully saturated rings. The van der Waals surface area contributed by atoms with Crippen LogP contribution < -0.4 is 5.32 Å². The summed E-state index contributed by atoms with van der Waals surface area (Å²) in [6, 6.07) is 3.81. The van der Waals surface area contributed by atoms with Gasteiger partial charge in [0.1, 0.15) is 28.0 Å². The molecule has 2 heterocycles. The fourth-order valence-electron chi connectivity index (χ4n) is 1.40. The molecule has 0 unspecified atom stereocenters. The van der Waals surface area contributed by atoms with E-state index >= 15 is 0 Å². The summed E-state index contributed by atoms with van der Waals surface area (Å²) in [5, 5.41) is 4.99. The molecule has 0 aliphatic carbocycles. The molecule has 0 saturated heterocycles. The molecule has 0 aromatic carbocycles. The molecule has 18 heavy (non-hydrogen) atoms. The second kappa shape index (κ2) is 6.30. The zero-order valence-electron chi connectivity index (χ0n) is 10.4. The minimum Gasteiger partial charge on any atom is -0.370 e. The van der Waals surface area contributed by atoms with Gasteiger partial charge in [-0.25, -0.2) is 19.9 Å². The fraction of sp³-hybridized carbons (Fsp3) is 0.333. The van der Waals surface area contributed by atoms with E-state index < -0.39 is 0 Å². The molecule has 0 saturated carbocycles. The number of anilines is 1. The van der Waals surface area contributed by atoms with Gasteiger partial charge in [0.25, 0.3) is 0 Å². The van der Waals surface area contributed by atoms with E-state index in [1.165, 1.54) is 18.1 Å². The molecule has 2 rings (SSSR count). The standard InChI is InChI=1S/C12H15N5S/c1-3-9-16-10(14-4-2)7-12(17-9)18-11-5-6-13-8-15-11/h5-8H,3-4H2,1-2H3,(H,14,16,17). The molecule has 0 aliphatic rings. The van der Waals surface area contributed by atoms with Gasteiger partial charge in [-0.2, -0.15) is 0 Å². The van der Waals surface area contributed by atoms with Gasteiger partial charge in [-0.05, 0) is 24.8 Å². The van der Waals surface area contributed by atoms with Crippen LogP contribution in [-0.2, 0) is 6.42 Å². The summed E-state index contributed by atoms with van der Waals surface area (Å²) < 4.78 is 0. The molecule has 2 aromatic heterocycles. The number of aryl methyl sites for hydroxylation is 1. The number of nitrogens with zero attached hydrogens (tertiary/aromatic N) is 4. The minimum atomic E-state index is 0.816. The summed E-state index contributed by atoms with van der Waals surface area (Å²) in [5.41, 5.74) is 0. The molecule has 94 valence electrons. The lowest BCUT2D eigenvalue weighted by atomic mass is 10.4. The van der Waals surface area contributed by atoms with Crippen LogP contribution >= 0.6 is 11.8 Å². The van der Waals surface area contributed by atoms with Crippen molar-refractivity contribution in [1.82, 2.24) is 19.9 Å². The molecule has 0 aliphatic heterocycles. The smallest absolute Gasteiger partial charge is 0.131 e. The van der Waals surface area contributed by atoms with E-state index in [0.717, 1.165) is 34.7 Å². The second-order valence-electron chi connectivity index (χ2n) is 3.54. The van der Waals surface area contributed by atoms with Crippen LogP contribution in [0, 0.1) is 0 Å². The highest BCUT2D eigenvalue weighted by Crippen LogP contribution is 2.25. The van der Waals surface area contributed by atoms with E-state index in [9.17, 15) is 0 Å². The lowest BCUT2D eigenvalue weighted by molar-refractivity contribution is 0.885. The van der Waals surface area contributed by atoms with Crippen molar-refractivity contribution < 1.29 is 0 Å². The summed E-state index contributed by atoms with van der Waals surface area (Å²) in [5.74, 6) is 1.70. The Morgan fingerprint density at radius 2 is 2.11 bits per heavy atom. The highest BCUT2D eigenvalue weighted by Gasteiger charge is 2.05. The van der Waals surface area contributed by atoms with Gasteiger partial charge in [0, 0.05) is 25.2 Å². The summed E-state index contributed by atoms with van der Waals surface area (Å²) in [4.78, 5) is 17.0. The Hall–Kier alpha value is -1.69. The van der Waals surface area contributed by atoms with E-state index in [1.54, 1.807) is 6.20 Å². The molecule has 6 heteroatoms. The Morgan fingerprint density at radius 3 is 2.78 bits per heavy atom. The quantitative estimate of drug-likeness (QED) is 0.834. The topological polar surface area (TPSA) is 63.6 Å². The Bertz CT molecular complexity index is 503. The molecular weight excluding hydrogens is 246 g/mol.